The molecule has 1 aliphatic heterocycles. The highest BCUT2D eigenvalue weighted by Crippen LogP contribution is 2.36. The predicted molar refractivity (Wildman–Crippen MR) is 135 cm³/mol. The zero-order valence-corrected chi connectivity index (χ0v) is 21.0. The lowest BCUT2D eigenvalue weighted by molar-refractivity contribution is -0.126. The molecular weight excluding hydrogens is 452 g/mol. The summed E-state index contributed by atoms with van der Waals surface area (Å²) in [5.41, 5.74) is 1.24. The number of carbonyl (C=O) groups excluding carboxylic acids is 1. The maximum absolute atomic E-state index is 13.0. The third-order valence-electron chi connectivity index (χ3n) is 7.28. The first kappa shape index (κ1) is 22.7. The van der Waals surface area contributed by atoms with Gasteiger partial charge in [-0.25, -0.2) is 4.98 Å². The van der Waals surface area contributed by atoms with Gasteiger partial charge in [0.25, 0.3) is 5.56 Å². The first-order valence-corrected chi connectivity index (χ1v) is 13.8. The summed E-state index contributed by atoms with van der Waals surface area (Å²) in [4.78, 5) is 39.4. The van der Waals surface area contributed by atoms with Crippen molar-refractivity contribution in [2.45, 2.75) is 58.4 Å². The van der Waals surface area contributed by atoms with Crippen molar-refractivity contribution < 1.29 is 4.79 Å². The Morgan fingerprint density at radius 1 is 1.33 bits per heavy atom. The third-order valence-corrected chi connectivity index (χ3v) is 9.36. The summed E-state index contributed by atoms with van der Waals surface area (Å²) in [6.07, 6.45) is 5.77. The summed E-state index contributed by atoms with van der Waals surface area (Å²) in [6, 6.07) is 4.19. The van der Waals surface area contributed by atoms with Crippen LogP contribution in [0.15, 0.2) is 22.3 Å². The van der Waals surface area contributed by atoms with Gasteiger partial charge < -0.3 is 10.3 Å². The van der Waals surface area contributed by atoms with E-state index in [1.54, 1.807) is 22.7 Å². The summed E-state index contributed by atoms with van der Waals surface area (Å²) in [5.74, 6) is 1.66. The van der Waals surface area contributed by atoms with E-state index in [4.69, 9.17) is 4.98 Å². The number of rotatable bonds is 6. The highest BCUT2D eigenvalue weighted by atomic mass is 32.1. The summed E-state index contributed by atoms with van der Waals surface area (Å²) in [7, 11) is 0. The van der Waals surface area contributed by atoms with Crippen LogP contribution in [-0.2, 0) is 24.1 Å². The summed E-state index contributed by atoms with van der Waals surface area (Å²) < 4.78 is 0. The zero-order valence-electron chi connectivity index (χ0n) is 19.4. The van der Waals surface area contributed by atoms with Crippen LogP contribution in [0.1, 0.15) is 60.3 Å². The predicted octanol–water partition coefficient (Wildman–Crippen LogP) is 4.30. The smallest absolute Gasteiger partial charge is 0.259 e. The fourth-order valence-electron chi connectivity index (χ4n) is 5.19. The van der Waals surface area contributed by atoms with Gasteiger partial charge in [-0.1, -0.05) is 13.0 Å². The Morgan fingerprint density at radius 3 is 2.91 bits per heavy atom. The molecule has 1 aliphatic carbocycles. The molecule has 1 saturated heterocycles. The van der Waals surface area contributed by atoms with E-state index < -0.39 is 0 Å². The van der Waals surface area contributed by atoms with Gasteiger partial charge in [-0.3, -0.25) is 14.5 Å². The minimum absolute atomic E-state index is 0.00825. The van der Waals surface area contributed by atoms with Crippen LogP contribution in [0.2, 0.25) is 0 Å². The van der Waals surface area contributed by atoms with Crippen molar-refractivity contribution in [3.8, 4) is 0 Å². The van der Waals surface area contributed by atoms with Gasteiger partial charge in [-0.05, 0) is 81.5 Å². The average Bonchev–Trinajstić information content (AvgIpc) is 3.45. The largest absolute Gasteiger partial charge is 0.355 e. The standard InChI is InChI=1S/C25H32N4O2S2/c1-15-5-6-19-20(14-15)33-25-21(19)24(31)27-22(28-25)16(2)29-11-8-17(9-12-29)23(30)26-10-7-18-4-3-13-32-18/h3-4,13,15-17H,5-12,14H2,1-2H3,(H,26,30)(H,27,28,31). The Labute approximate surface area is 202 Å². The van der Waals surface area contributed by atoms with E-state index in [2.05, 4.69) is 40.5 Å². The van der Waals surface area contributed by atoms with E-state index in [1.165, 1.54) is 15.3 Å². The molecule has 1 fully saturated rings. The molecule has 5 rings (SSSR count). The first-order chi connectivity index (χ1) is 16.0. The van der Waals surface area contributed by atoms with Crippen molar-refractivity contribution in [2.75, 3.05) is 19.6 Å². The number of thiophene rings is 2. The second kappa shape index (κ2) is 9.68. The van der Waals surface area contributed by atoms with Crippen LogP contribution in [0.3, 0.4) is 0 Å². The van der Waals surface area contributed by atoms with E-state index in [1.807, 2.05) is 6.07 Å². The number of nitrogens with one attached hydrogen (secondary N) is 2. The molecule has 2 N–H and O–H groups in total. The molecule has 4 heterocycles. The lowest BCUT2D eigenvalue weighted by atomic mass is 9.89. The van der Waals surface area contributed by atoms with Gasteiger partial charge in [0.15, 0.2) is 0 Å². The Balaban J connectivity index is 1.20. The molecule has 0 radical (unpaired) electrons. The Hall–Kier alpha value is -2.03. The molecule has 2 atom stereocenters. The summed E-state index contributed by atoms with van der Waals surface area (Å²) in [6.45, 7) is 6.77. The number of aryl methyl sites for hydroxylation is 1. The van der Waals surface area contributed by atoms with Crippen molar-refractivity contribution in [3.63, 3.8) is 0 Å². The van der Waals surface area contributed by atoms with E-state index in [-0.39, 0.29) is 23.4 Å². The number of H-pyrrole nitrogens is 1. The number of likely N-dealkylation sites (tertiary alicyclic amines) is 1. The van der Waals surface area contributed by atoms with Crippen molar-refractivity contribution in [3.05, 3.63) is 49.0 Å². The van der Waals surface area contributed by atoms with Gasteiger partial charge >= 0.3 is 0 Å². The highest BCUT2D eigenvalue weighted by molar-refractivity contribution is 7.18. The first-order valence-electron chi connectivity index (χ1n) is 12.1. The van der Waals surface area contributed by atoms with Gasteiger partial charge in [-0.15, -0.1) is 22.7 Å². The number of carbonyl (C=O) groups is 1. The van der Waals surface area contributed by atoms with Gasteiger partial charge in [-0.2, -0.15) is 0 Å². The van der Waals surface area contributed by atoms with Crippen LogP contribution < -0.4 is 10.9 Å². The normalized spacial score (nSPS) is 20.6. The quantitative estimate of drug-likeness (QED) is 0.547. The minimum Gasteiger partial charge on any atom is -0.355 e. The monoisotopic (exact) mass is 484 g/mol. The highest BCUT2D eigenvalue weighted by Gasteiger charge is 2.29. The van der Waals surface area contributed by atoms with Gasteiger partial charge in [0.05, 0.1) is 11.4 Å². The number of aromatic nitrogens is 2. The van der Waals surface area contributed by atoms with Gasteiger partial charge in [0, 0.05) is 22.2 Å². The molecular formula is C25H32N4O2S2. The molecule has 3 aromatic heterocycles. The zero-order chi connectivity index (χ0) is 22.9. The van der Waals surface area contributed by atoms with E-state index in [0.29, 0.717) is 12.5 Å². The summed E-state index contributed by atoms with van der Waals surface area (Å²) in [5, 5.41) is 6.00. The maximum Gasteiger partial charge on any atom is 0.259 e. The SMILES string of the molecule is CC1CCc2c(sc3nc(C(C)N4CCC(C(=O)NCCc5cccs5)CC4)[nH]c(=O)c23)C1. The van der Waals surface area contributed by atoms with Crippen LogP contribution >= 0.6 is 22.7 Å². The maximum atomic E-state index is 13.0. The van der Waals surface area contributed by atoms with Crippen LogP contribution in [0.4, 0.5) is 0 Å². The number of nitrogens with zero attached hydrogens (tertiary/aromatic N) is 2. The molecule has 3 aromatic rings. The molecule has 33 heavy (non-hydrogen) atoms. The number of fused-ring (bicyclic) bond motifs is 3. The van der Waals surface area contributed by atoms with Crippen molar-refractivity contribution in [1.29, 1.82) is 0 Å². The van der Waals surface area contributed by atoms with Crippen LogP contribution in [0.5, 0.6) is 0 Å². The molecule has 0 bridgehead atoms. The number of hydrogen-bond acceptors (Lipinski definition) is 6. The molecule has 176 valence electrons. The number of piperidine rings is 1. The third kappa shape index (κ3) is 4.79. The molecule has 1 amide bonds. The van der Waals surface area contributed by atoms with Gasteiger partial charge in [0.1, 0.15) is 10.7 Å². The van der Waals surface area contributed by atoms with E-state index >= 15 is 0 Å². The lowest BCUT2D eigenvalue weighted by Crippen LogP contribution is -2.42. The Morgan fingerprint density at radius 2 is 2.15 bits per heavy atom. The summed E-state index contributed by atoms with van der Waals surface area (Å²) >= 11 is 3.44. The molecule has 0 aromatic carbocycles. The van der Waals surface area contributed by atoms with Crippen LogP contribution in [-0.4, -0.2) is 40.4 Å². The Bertz CT molecular complexity index is 1180. The molecule has 2 aliphatic rings. The van der Waals surface area contributed by atoms with Crippen LogP contribution in [0, 0.1) is 11.8 Å². The molecule has 0 saturated carbocycles. The van der Waals surface area contributed by atoms with Crippen LogP contribution in [0.25, 0.3) is 10.2 Å². The minimum atomic E-state index is 0.00825. The molecule has 0 spiro atoms. The second-order valence-corrected chi connectivity index (χ2v) is 11.7. The van der Waals surface area contributed by atoms with Gasteiger partial charge in [0.2, 0.25) is 5.91 Å². The van der Waals surface area contributed by atoms with E-state index in [0.717, 1.165) is 67.7 Å². The number of hydrogen-bond donors (Lipinski definition) is 2. The average molecular weight is 485 g/mol. The number of amides is 1. The fourth-order valence-corrected chi connectivity index (χ4v) is 7.29. The topological polar surface area (TPSA) is 78.1 Å². The number of aromatic amines is 1. The fraction of sp³-hybridized carbons (Fsp3) is 0.560. The van der Waals surface area contributed by atoms with Crippen molar-refractivity contribution in [1.82, 2.24) is 20.2 Å². The lowest BCUT2D eigenvalue weighted by Gasteiger charge is -2.35. The Kier molecular flexibility index (Phi) is 6.67. The second-order valence-electron chi connectivity index (χ2n) is 9.59. The molecule has 2 unspecified atom stereocenters. The molecule has 6 nitrogen and oxygen atoms in total. The van der Waals surface area contributed by atoms with Crippen molar-refractivity contribution >= 4 is 38.8 Å². The van der Waals surface area contributed by atoms with E-state index in [9.17, 15) is 9.59 Å². The van der Waals surface area contributed by atoms with Crippen molar-refractivity contribution in [2.24, 2.45) is 11.8 Å². The molecule has 8 heteroatoms.